The first-order chi connectivity index (χ1) is 11.1. The van der Waals surface area contributed by atoms with E-state index in [0.717, 1.165) is 23.6 Å². The quantitative estimate of drug-likeness (QED) is 0.807. The van der Waals surface area contributed by atoms with Crippen LogP contribution in [0.15, 0.2) is 12.1 Å². The number of hydrogen-bond acceptors (Lipinski definition) is 3. The molecule has 0 aliphatic rings. The number of halogens is 6. The molecule has 4 nitrogen and oxygen atoms in total. The second-order valence-electron chi connectivity index (χ2n) is 5.00. The van der Waals surface area contributed by atoms with E-state index in [4.69, 9.17) is 16.3 Å². The van der Waals surface area contributed by atoms with Crippen LogP contribution >= 0.6 is 11.6 Å². The summed E-state index contributed by atoms with van der Waals surface area (Å²) in [5, 5.41) is 1.77. The minimum Gasteiger partial charge on any atom is -0.497 e. The van der Waals surface area contributed by atoms with Crippen molar-refractivity contribution < 1.29 is 26.7 Å². The van der Waals surface area contributed by atoms with Crippen molar-refractivity contribution in [2.75, 3.05) is 12.4 Å². The van der Waals surface area contributed by atoms with Gasteiger partial charge < -0.3 is 10.1 Å². The second kappa shape index (κ2) is 6.46. The molecule has 0 bridgehead atoms. The van der Waals surface area contributed by atoms with Gasteiger partial charge in [0.2, 0.25) is 5.28 Å². The minimum absolute atomic E-state index is 0.0609. The Hall–Kier alpha value is -2.03. The second-order valence-corrected chi connectivity index (χ2v) is 5.34. The van der Waals surface area contributed by atoms with Crippen molar-refractivity contribution >= 4 is 17.4 Å². The summed E-state index contributed by atoms with van der Waals surface area (Å²) in [7, 11) is 1.22. The molecule has 132 valence electrons. The largest absolute Gasteiger partial charge is 0.497 e. The molecule has 0 saturated carbocycles. The summed E-state index contributed by atoms with van der Waals surface area (Å²) in [5.74, 6) is -2.46. The monoisotopic (exact) mass is 369 g/mol. The third-order valence-corrected chi connectivity index (χ3v) is 3.56. The molecular formula is C14H13ClF5N3O. The van der Waals surface area contributed by atoms with Crippen molar-refractivity contribution in [1.82, 2.24) is 9.55 Å². The Kier molecular flexibility index (Phi) is 4.93. The van der Waals surface area contributed by atoms with Crippen LogP contribution in [-0.4, -0.2) is 28.9 Å². The van der Waals surface area contributed by atoms with Crippen LogP contribution in [0.25, 0.3) is 5.69 Å². The standard InChI is InChI=1S/C14H13ClF5N3O/c1-6-12(22-7(2)14(18,19)20)23(13(15)21-6)11-9(16)4-8(24-3)5-10(11)17/h4-5,7,22H,1-3H3. The number of anilines is 1. The number of benzene rings is 1. The van der Waals surface area contributed by atoms with Crippen molar-refractivity contribution in [1.29, 1.82) is 0 Å². The van der Waals surface area contributed by atoms with E-state index < -0.39 is 29.5 Å². The molecule has 1 atom stereocenters. The Balaban J connectivity index is 2.60. The zero-order valence-electron chi connectivity index (χ0n) is 12.8. The summed E-state index contributed by atoms with van der Waals surface area (Å²) < 4.78 is 72.3. The zero-order chi connectivity index (χ0) is 18.2. The highest BCUT2D eigenvalue weighted by Crippen LogP contribution is 2.33. The predicted octanol–water partition coefficient (Wildman–Crippen LogP) is 4.48. The van der Waals surface area contributed by atoms with E-state index in [1.165, 1.54) is 14.0 Å². The normalized spacial score (nSPS) is 13.0. The van der Waals surface area contributed by atoms with Crippen LogP contribution in [0.4, 0.5) is 27.8 Å². The van der Waals surface area contributed by atoms with Crippen molar-refractivity contribution in [3.05, 3.63) is 34.7 Å². The smallest absolute Gasteiger partial charge is 0.408 e. The van der Waals surface area contributed by atoms with Crippen LogP contribution in [0.1, 0.15) is 12.6 Å². The molecule has 0 saturated heterocycles. The Bertz CT molecular complexity index is 737. The summed E-state index contributed by atoms with van der Waals surface area (Å²) in [4.78, 5) is 3.78. The number of ether oxygens (including phenoxy) is 1. The molecule has 1 heterocycles. The molecule has 1 N–H and O–H groups in total. The van der Waals surface area contributed by atoms with Crippen molar-refractivity contribution in [3.63, 3.8) is 0 Å². The fraction of sp³-hybridized carbons (Fsp3) is 0.357. The van der Waals surface area contributed by atoms with Gasteiger partial charge in [-0.1, -0.05) is 0 Å². The van der Waals surface area contributed by atoms with Gasteiger partial charge in [0.1, 0.15) is 23.3 Å². The van der Waals surface area contributed by atoms with Gasteiger partial charge in [-0.05, 0) is 25.4 Å². The number of rotatable bonds is 4. The number of aromatic nitrogens is 2. The van der Waals surface area contributed by atoms with Gasteiger partial charge in [0.05, 0.1) is 12.8 Å². The highest BCUT2D eigenvalue weighted by atomic mass is 35.5. The van der Waals surface area contributed by atoms with Gasteiger partial charge in [0.25, 0.3) is 0 Å². The van der Waals surface area contributed by atoms with Gasteiger partial charge >= 0.3 is 6.18 Å². The molecule has 24 heavy (non-hydrogen) atoms. The van der Waals surface area contributed by atoms with Crippen LogP contribution < -0.4 is 10.1 Å². The maximum absolute atomic E-state index is 14.2. The van der Waals surface area contributed by atoms with E-state index in [9.17, 15) is 22.0 Å². The summed E-state index contributed by atoms with van der Waals surface area (Å²) in [6.45, 7) is 2.23. The summed E-state index contributed by atoms with van der Waals surface area (Å²) in [6, 6.07) is -0.200. The SMILES string of the molecule is COc1cc(F)c(-n2c(Cl)nc(C)c2NC(C)C(F)(F)F)c(F)c1. The number of alkyl halides is 3. The maximum atomic E-state index is 14.2. The van der Waals surface area contributed by atoms with Crippen LogP contribution in [-0.2, 0) is 0 Å². The molecule has 0 spiro atoms. The first kappa shape index (κ1) is 18.3. The summed E-state index contributed by atoms with van der Waals surface area (Å²) >= 11 is 5.87. The molecule has 1 aromatic carbocycles. The molecule has 0 radical (unpaired) electrons. The maximum Gasteiger partial charge on any atom is 0.408 e. The number of nitrogens with zero attached hydrogens (tertiary/aromatic N) is 2. The average molecular weight is 370 g/mol. The molecular weight excluding hydrogens is 357 g/mol. The molecule has 1 unspecified atom stereocenters. The highest BCUT2D eigenvalue weighted by Gasteiger charge is 2.37. The lowest BCUT2D eigenvalue weighted by molar-refractivity contribution is -0.138. The Morgan fingerprint density at radius 2 is 1.79 bits per heavy atom. The topological polar surface area (TPSA) is 39.1 Å². The van der Waals surface area contributed by atoms with E-state index in [2.05, 4.69) is 10.3 Å². The molecule has 10 heteroatoms. The molecule has 2 aromatic rings. The van der Waals surface area contributed by atoms with Crippen molar-refractivity contribution in [2.24, 2.45) is 0 Å². The number of methoxy groups -OCH3 is 1. The van der Waals surface area contributed by atoms with E-state index in [1.807, 2.05) is 0 Å². The Labute approximate surface area is 139 Å². The van der Waals surface area contributed by atoms with Gasteiger partial charge in [0.15, 0.2) is 11.6 Å². The van der Waals surface area contributed by atoms with Gasteiger partial charge in [-0.2, -0.15) is 13.2 Å². The number of aryl methyl sites for hydroxylation is 1. The van der Waals surface area contributed by atoms with Crippen LogP contribution in [0.5, 0.6) is 5.75 Å². The molecule has 0 fully saturated rings. The van der Waals surface area contributed by atoms with Crippen molar-refractivity contribution in [2.45, 2.75) is 26.1 Å². The first-order valence-electron chi connectivity index (χ1n) is 6.67. The average Bonchev–Trinajstić information content (AvgIpc) is 2.72. The third-order valence-electron chi connectivity index (χ3n) is 3.30. The van der Waals surface area contributed by atoms with Gasteiger partial charge in [-0.15, -0.1) is 0 Å². The molecule has 0 amide bonds. The van der Waals surface area contributed by atoms with E-state index in [-0.39, 0.29) is 22.5 Å². The van der Waals surface area contributed by atoms with E-state index in [1.54, 1.807) is 0 Å². The number of hydrogen-bond donors (Lipinski definition) is 1. The van der Waals surface area contributed by atoms with Crippen LogP contribution in [0, 0.1) is 18.6 Å². The van der Waals surface area contributed by atoms with E-state index >= 15 is 0 Å². The van der Waals surface area contributed by atoms with E-state index in [0.29, 0.717) is 0 Å². The predicted molar refractivity (Wildman–Crippen MR) is 78.9 cm³/mol. The fourth-order valence-corrected chi connectivity index (χ4v) is 2.32. The van der Waals surface area contributed by atoms with Gasteiger partial charge in [0, 0.05) is 12.1 Å². The lowest BCUT2D eigenvalue weighted by atomic mass is 10.2. The van der Waals surface area contributed by atoms with Gasteiger partial charge in [-0.3, -0.25) is 4.57 Å². The van der Waals surface area contributed by atoms with Crippen LogP contribution in [0.3, 0.4) is 0 Å². The first-order valence-corrected chi connectivity index (χ1v) is 7.05. The molecule has 1 aromatic heterocycles. The molecule has 2 rings (SSSR count). The minimum atomic E-state index is -4.56. The van der Waals surface area contributed by atoms with Gasteiger partial charge in [-0.25, -0.2) is 13.8 Å². The number of nitrogens with one attached hydrogen (secondary N) is 1. The van der Waals surface area contributed by atoms with Crippen LogP contribution in [0.2, 0.25) is 5.28 Å². The molecule has 0 aliphatic heterocycles. The highest BCUT2D eigenvalue weighted by molar-refractivity contribution is 6.29. The summed E-state index contributed by atoms with van der Waals surface area (Å²) in [6.07, 6.45) is -4.56. The Morgan fingerprint density at radius 3 is 2.25 bits per heavy atom. The third kappa shape index (κ3) is 3.40. The number of imidazole rings is 1. The lowest BCUT2D eigenvalue weighted by Gasteiger charge is -2.20. The fourth-order valence-electron chi connectivity index (χ4n) is 2.03. The Morgan fingerprint density at radius 1 is 1.25 bits per heavy atom. The summed E-state index contributed by atoms with van der Waals surface area (Å²) in [5.41, 5.74) is -0.594. The zero-order valence-corrected chi connectivity index (χ0v) is 13.6. The van der Waals surface area contributed by atoms with Crippen molar-refractivity contribution in [3.8, 4) is 11.4 Å². The lowest BCUT2D eigenvalue weighted by Crippen LogP contribution is -2.34. The molecule has 0 aliphatic carbocycles.